The first-order valence-corrected chi connectivity index (χ1v) is 6.59. The lowest BCUT2D eigenvalue weighted by Gasteiger charge is -2.10. The minimum Gasteiger partial charge on any atom is -0.478 e. The summed E-state index contributed by atoms with van der Waals surface area (Å²) in [5, 5.41) is 11.2. The van der Waals surface area contributed by atoms with Gasteiger partial charge in [-0.05, 0) is 46.5 Å². The molecule has 0 spiro atoms. The average Bonchev–Trinajstić information content (AvgIpc) is 2.48. The number of rotatable bonds is 2. The fourth-order valence-electron chi connectivity index (χ4n) is 2.56. The highest BCUT2D eigenvalue weighted by Gasteiger charge is 2.13. The second kappa shape index (κ2) is 5.02. The van der Waals surface area contributed by atoms with Crippen LogP contribution in [-0.4, -0.2) is 11.1 Å². The Morgan fingerprint density at radius 1 is 1.00 bits per heavy atom. The van der Waals surface area contributed by atoms with Crippen LogP contribution in [0, 0.1) is 12.7 Å². The first-order valence-electron chi connectivity index (χ1n) is 6.59. The minimum absolute atomic E-state index is 0.308. The predicted molar refractivity (Wildman–Crippen MR) is 81.0 cm³/mol. The third kappa shape index (κ3) is 2.27. The number of aryl methyl sites for hydroxylation is 1. The minimum atomic E-state index is -1.26. The molecule has 0 heterocycles. The van der Waals surface area contributed by atoms with Crippen LogP contribution >= 0.6 is 0 Å². The highest BCUT2D eigenvalue weighted by Crippen LogP contribution is 2.31. The molecule has 104 valence electrons. The van der Waals surface area contributed by atoms with Crippen LogP contribution in [0.25, 0.3) is 21.9 Å². The van der Waals surface area contributed by atoms with E-state index in [1.165, 1.54) is 12.1 Å². The van der Waals surface area contributed by atoms with Crippen molar-refractivity contribution in [1.29, 1.82) is 0 Å². The van der Waals surface area contributed by atoms with Crippen molar-refractivity contribution in [1.82, 2.24) is 0 Å². The van der Waals surface area contributed by atoms with Gasteiger partial charge in [0.05, 0.1) is 5.56 Å². The molecular weight excluding hydrogens is 267 g/mol. The summed E-state index contributed by atoms with van der Waals surface area (Å²) in [5.41, 5.74) is 2.44. The number of hydrogen-bond donors (Lipinski definition) is 1. The maximum atomic E-state index is 13.5. The Morgan fingerprint density at radius 3 is 2.43 bits per heavy atom. The average molecular weight is 280 g/mol. The number of benzene rings is 3. The van der Waals surface area contributed by atoms with E-state index in [2.05, 4.69) is 0 Å². The summed E-state index contributed by atoms with van der Waals surface area (Å²) >= 11 is 0. The molecule has 0 saturated heterocycles. The standard InChI is InChI=1S/C18H13FO2/c1-11-6-8-14(15-5-3-2-4-13(11)15)12-7-9-17(19)16(10-12)18(20)21/h2-10H,1H3,(H,20,21). The van der Waals surface area contributed by atoms with Gasteiger partial charge >= 0.3 is 5.97 Å². The summed E-state index contributed by atoms with van der Waals surface area (Å²) in [6.07, 6.45) is 0. The number of aromatic carboxylic acids is 1. The molecule has 0 atom stereocenters. The quantitative estimate of drug-likeness (QED) is 0.741. The van der Waals surface area contributed by atoms with Crippen LogP contribution in [0.4, 0.5) is 4.39 Å². The van der Waals surface area contributed by atoms with E-state index >= 15 is 0 Å². The number of carboxylic acid groups (broad SMARTS) is 1. The lowest BCUT2D eigenvalue weighted by molar-refractivity contribution is 0.0692. The van der Waals surface area contributed by atoms with Crippen LogP contribution in [0.3, 0.4) is 0 Å². The monoisotopic (exact) mass is 280 g/mol. The number of carbonyl (C=O) groups is 1. The van der Waals surface area contributed by atoms with Gasteiger partial charge in [0.25, 0.3) is 0 Å². The van der Waals surface area contributed by atoms with Crippen molar-refractivity contribution in [3.63, 3.8) is 0 Å². The zero-order valence-electron chi connectivity index (χ0n) is 11.4. The van der Waals surface area contributed by atoms with E-state index < -0.39 is 11.8 Å². The van der Waals surface area contributed by atoms with Crippen molar-refractivity contribution < 1.29 is 14.3 Å². The van der Waals surface area contributed by atoms with Crippen molar-refractivity contribution in [2.75, 3.05) is 0 Å². The molecule has 2 nitrogen and oxygen atoms in total. The van der Waals surface area contributed by atoms with E-state index in [9.17, 15) is 9.18 Å². The van der Waals surface area contributed by atoms with Gasteiger partial charge in [-0.2, -0.15) is 0 Å². The topological polar surface area (TPSA) is 37.3 Å². The van der Waals surface area contributed by atoms with Crippen molar-refractivity contribution >= 4 is 16.7 Å². The molecule has 0 unspecified atom stereocenters. The summed E-state index contributed by atoms with van der Waals surface area (Å²) in [6.45, 7) is 2.03. The second-order valence-electron chi connectivity index (χ2n) is 4.98. The van der Waals surface area contributed by atoms with Gasteiger partial charge in [0.15, 0.2) is 0 Å². The molecular formula is C18H13FO2. The first-order chi connectivity index (χ1) is 10.1. The van der Waals surface area contributed by atoms with Gasteiger partial charge in [0.2, 0.25) is 0 Å². The number of fused-ring (bicyclic) bond motifs is 1. The third-order valence-electron chi connectivity index (χ3n) is 3.65. The molecule has 0 radical (unpaired) electrons. The van der Waals surface area contributed by atoms with E-state index in [1.807, 2.05) is 43.3 Å². The Kier molecular flexibility index (Phi) is 3.18. The van der Waals surface area contributed by atoms with Crippen LogP contribution < -0.4 is 0 Å². The Labute approximate surface area is 121 Å². The summed E-state index contributed by atoms with van der Waals surface area (Å²) in [7, 11) is 0. The van der Waals surface area contributed by atoms with Crippen LogP contribution in [0.2, 0.25) is 0 Å². The Hall–Kier alpha value is -2.68. The van der Waals surface area contributed by atoms with Gasteiger partial charge in [-0.25, -0.2) is 9.18 Å². The van der Waals surface area contributed by atoms with Crippen molar-refractivity contribution in [3.05, 3.63) is 71.5 Å². The molecule has 21 heavy (non-hydrogen) atoms. The molecule has 0 saturated carbocycles. The highest BCUT2D eigenvalue weighted by molar-refractivity contribution is 5.99. The summed E-state index contributed by atoms with van der Waals surface area (Å²) < 4.78 is 13.5. The summed E-state index contributed by atoms with van der Waals surface area (Å²) in [6, 6.07) is 16.0. The fraction of sp³-hybridized carbons (Fsp3) is 0.0556. The Balaban J connectivity index is 2.29. The molecule has 0 aliphatic heterocycles. The van der Waals surface area contributed by atoms with Gasteiger partial charge in [0, 0.05) is 0 Å². The predicted octanol–water partition coefficient (Wildman–Crippen LogP) is 4.65. The molecule has 3 aromatic carbocycles. The van der Waals surface area contributed by atoms with Crippen LogP contribution in [0.15, 0.2) is 54.6 Å². The van der Waals surface area contributed by atoms with E-state index in [4.69, 9.17) is 5.11 Å². The molecule has 0 fully saturated rings. The molecule has 3 aromatic rings. The van der Waals surface area contributed by atoms with E-state index in [-0.39, 0.29) is 5.56 Å². The van der Waals surface area contributed by atoms with E-state index in [1.54, 1.807) is 6.07 Å². The number of hydrogen-bond acceptors (Lipinski definition) is 1. The van der Waals surface area contributed by atoms with Gasteiger partial charge in [-0.1, -0.05) is 42.5 Å². The molecule has 0 aliphatic rings. The molecule has 3 rings (SSSR count). The number of halogens is 1. The summed E-state index contributed by atoms with van der Waals surface area (Å²) in [5.74, 6) is -1.98. The second-order valence-corrected chi connectivity index (χ2v) is 4.98. The molecule has 0 amide bonds. The Bertz CT molecular complexity index is 853. The molecule has 0 aliphatic carbocycles. The van der Waals surface area contributed by atoms with Crippen LogP contribution in [-0.2, 0) is 0 Å². The molecule has 0 bridgehead atoms. The molecule has 0 aromatic heterocycles. The van der Waals surface area contributed by atoms with Gasteiger partial charge in [-0.3, -0.25) is 0 Å². The summed E-state index contributed by atoms with van der Waals surface area (Å²) in [4.78, 5) is 11.1. The van der Waals surface area contributed by atoms with Gasteiger partial charge in [0.1, 0.15) is 5.82 Å². The van der Waals surface area contributed by atoms with Crippen LogP contribution in [0.5, 0.6) is 0 Å². The van der Waals surface area contributed by atoms with Crippen molar-refractivity contribution in [2.24, 2.45) is 0 Å². The first kappa shape index (κ1) is 13.3. The largest absolute Gasteiger partial charge is 0.478 e. The normalized spacial score (nSPS) is 10.8. The lowest BCUT2D eigenvalue weighted by atomic mass is 9.94. The third-order valence-corrected chi connectivity index (χ3v) is 3.65. The van der Waals surface area contributed by atoms with Crippen LogP contribution in [0.1, 0.15) is 15.9 Å². The molecule has 1 N–H and O–H groups in total. The Morgan fingerprint density at radius 2 is 1.71 bits per heavy atom. The van der Waals surface area contributed by atoms with E-state index in [0.29, 0.717) is 5.56 Å². The maximum Gasteiger partial charge on any atom is 0.338 e. The SMILES string of the molecule is Cc1ccc(-c2ccc(F)c(C(=O)O)c2)c2ccccc12. The van der Waals surface area contributed by atoms with Gasteiger partial charge < -0.3 is 5.11 Å². The highest BCUT2D eigenvalue weighted by atomic mass is 19.1. The maximum absolute atomic E-state index is 13.5. The van der Waals surface area contributed by atoms with Crippen molar-refractivity contribution in [2.45, 2.75) is 6.92 Å². The molecule has 3 heteroatoms. The van der Waals surface area contributed by atoms with E-state index in [0.717, 1.165) is 21.9 Å². The zero-order valence-corrected chi connectivity index (χ0v) is 11.4. The van der Waals surface area contributed by atoms with Crippen molar-refractivity contribution in [3.8, 4) is 11.1 Å². The fourth-order valence-corrected chi connectivity index (χ4v) is 2.56. The number of carboxylic acids is 1. The zero-order chi connectivity index (χ0) is 15.0. The lowest BCUT2D eigenvalue weighted by Crippen LogP contribution is -2.00. The smallest absolute Gasteiger partial charge is 0.338 e. The van der Waals surface area contributed by atoms with Gasteiger partial charge in [-0.15, -0.1) is 0 Å².